The molecule has 0 radical (unpaired) electrons. The van der Waals surface area contributed by atoms with Crippen molar-refractivity contribution in [2.24, 2.45) is 5.10 Å². The van der Waals surface area contributed by atoms with Crippen molar-refractivity contribution in [2.75, 3.05) is 6.61 Å². The van der Waals surface area contributed by atoms with E-state index in [2.05, 4.69) is 10.5 Å². The number of aryl methyl sites for hydroxylation is 2. The summed E-state index contributed by atoms with van der Waals surface area (Å²) in [4.78, 5) is 12.2. The highest BCUT2D eigenvalue weighted by atomic mass is 35.5. The average Bonchev–Trinajstić information content (AvgIpc) is 2.77. The predicted octanol–water partition coefficient (Wildman–Crippen LogP) is 6.28. The molecule has 3 rings (SSSR count). The Morgan fingerprint density at radius 1 is 0.970 bits per heavy atom. The number of hydrogen-bond acceptors (Lipinski definition) is 4. The first kappa shape index (κ1) is 24.6. The molecule has 0 aliphatic heterocycles. The summed E-state index contributed by atoms with van der Waals surface area (Å²) in [5.41, 5.74) is 7.47. The molecule has 0 atom stereocenters. The normalized spacial score (nSPS) is 10.9. The van der Waals surface area contributed by atoms with E-state index in [4.69, 9.17) is 32.7 Å². The zero-order chi connectivity index (χ0) is 23.8. The molecule has 0 aliphatic carbocycles. The Balaban J connectivity index is 1.62. The van der Waals surface area contributed by atoms with Crippen LogP contribution >= 0.6 is 23.2 Å². The van der Waals surface area contributed by atoms with Gasteiger partial charge in [-0.3, -0.25) is 4.79 Å². The molecule has 0 saturated heterocycles. The van der Waals surface area contributed by atoms with Gasteiger partial charge >= 0.3 is 0 Å². The van der Waals surface area contributed by atoms with E-state index in [1.807, 2.05) is 51.1 Å². The standard InChI is InChI=1S/C26H26Cl2N2O3/c1-4-32-25-12-20(7-10-24(25)33-16-21-8-9-22(27)14-23(21)28)15-29-30-26(31)13-19-6-5-17(2)18(3)11-19/h5-12,14-15H,4,13,16H2,1-3H3,(H,30,31)/b29-15-. The molecule has 172 valence electrons. The van der Waals surface area contributed by atoms with E-state index in [1.54, 1.807) is 30.5 Å². The number of ether oxygens (including phenoxy) is 2. The van der Waals surface area contributed by atoms with Crippen molar-refractivity contribution in [1.82, 2.24) is 5.43 Å². The highest BCUT2D eigenvalue weighted by Gasteiger charge is 2.09. The van der Waals surface area contributed by atoms with Crippen molar-refractivity contribution < 1.29 is 14.3 Å². The quantitative estimate of drug-likeness (QED) is 0.287. The van der Waals surface area contributed by atoms with Gasteiger partial charge in [0.1, 0.15) is 6.61 Å². The van der Waals surface area contributed by atoms with E-state index in [-0.39, 0.29) is 18.9 Å². The summed E-state index contributed by atoms with van der Waals surface area (Å²) < 4.78 is 11.6. The molecule has 0 spiro atoms. The fraction of sp³-hybridized carbons (Fsp3) is 0.231. The number of amides is 1. The number of hydrazone groups is 1. The van der Waals surface area contributed by atoms with Crippen LogP contribution < -0.4 is 14.9 Å². The maximum absolute atomic E-state index is 12.2. The molecule has 0 unspecified atom stereocenters. The number of rotatable bonds is 9. The lowest BCUT2D eigenvalue weighted by Gasteiger charge is -2.13. The lowest BCUT2D eigenvalue weighted by molar-refractivity contribution is -0.120. The molecule has 5 nitrogen and oxygen atoms in total. The van der Waals surface area contributed by atoms with Crippen LogP contribution in [0.25, 0.3) is 0 Å². The van der Waals surface area contributed by atoms with Crippen LogP contribution in [0.15, 0.2) is 59.7 Å². The highest BCUT2D eigenvalue weighted by molar-refractivity contribution is 6.35. The molecular formula is C26H26Cl2N2O3. The number of benzene rings is 3. The molecule has 0 fully saturated rings. The summed E-state index contributed by atoms with van der Waals surface area (Å²) in [5.74, 6) is 0.978. The second-order valence-electron chi connectivity index (χ2n) is 7.55. The topological polar surface area (TPSA) is 59.9 Å². The molecule has 33 heavy (non-hydrogen) atoms. The minimum absolute atomic E-state index is 0.181. The van der Waals surface area contributed by atoms with Crippen LogP contribution in [-0.4, -0.2) is 18.7 Å². The third-order valence-corrected chi connectivity index (χ3v) is 5.59. The van der Waals surface area contributed by atoms with Gasteiger partial charge in [0.25, 0.3) is 0 Å². The van der Waals surface area contributed by atoms with E-state index < -0.39 is 0 Å². The molecule has 0 saturated carbocycles. The van der Waals surface area contributed by atoms with Crippen LogP contribution in [0.5, 0.6) is 11.5 Å². The number of nitrogens with zero attached hydrogens (tertiary/aromatic N) is 1. The molecule has 0 bridgehead atoms. The molecule has 1 amide bonds. The Morgan fingerprint density at radius 3 is 2.52 bits per heavy atom. The fourth-order valence-electron chi connectivity index (χ4n) is 3.10. The van der Waals surface area contributed by atoms with Crippen molar-refractivity contribution >= 4 is 35.3 Å². The molecule has 7 heteroatoms. The lowest BCUT2D eigenvalue weighted by Crippen LogP contribution is -2.19. The van der Waals surface area contributed by atoms with Gasteiger partial charge in [0.2, 0.25) is 5.91 Å². The minimum Gasteiger partial charge on any atom is -0.490 e. The molecule has 3 aromatic carbocycles. The van der Waals surface area contributed by atoms with Crippen LogP contribution in [0.4, 0.5) is 0 Å². The van der Waals surface area contributed by atoms with E-state index in [0.717, 1.165) is 22.3 Å². The Morgan fingerprint density at radius 2 is 1.79 bits per heavy atom. The monoisotopic (exact) mass is 484 g/mol. The van der Waals surface area contributed by atoms with Gasteiger partial charge in [-0.05, 0) is 73.4 Å². The number of carbonyl (C=O) groups excluding carboxylic acids is 1. The second kappa shape index (κ2) is 11.7. The summed E-state index contributed by atoms with van der Waals surface area (Å²) in [7, 11) is 0. The summed E-state index contributed by atoms with van der Waals surface area (Å²) >= 11 is 12.2. The smallest absolute Gasteiger partial charge is 0.244 e. The van der Waals surface area contributed by atoms with Gasteiger partial charge < -0.3 is 9.47 Å². The van der Waals surface area contributed by atoms with Crippen LogP contribution in [0, 0.1) is 13.8 Å². The van der Waals surface area contributed by atoms with Crippen LogP contribution in [0.2, 0.25) is 10.0 Å². The Bertz CT molecular complexity index is 1160. The van der Waals surface area contributed by atoms with Crippen molar-refractivity contribution in [3.8, 4) is 11.5 Å². The minimum atomic E-state index is -0.181. The fourth-order valence-corrected chi connectivity index (χ4v) is 3.57. The van der Waals surface area contributed by atoms with E-state index in [1.165, 1.54) is 5.56 Å². The molecule has 0 aromatic heterocycles. The summed E-state index contributed by atoms with van der Waals surface area (Å²) in [6, 6.07) is 16.7. The largest absolute Gasteiger partial charge is 0.490 e. The van der Waals surface area contributed by atoms with Crippen LogP contribution in [-0.2, 0) is 17.8 Å². The van der Waals surface area contributed by atoms with Crippen molar-refractivity contribution in [2.45, 2.75) is 33.8 Å². The number of hydrogen-bond donors (Lipinski definition) is 1. The average molecular weight is 485 g/mol. The van der Waals surface area contributed by atoms with Crippen molar-refractivity contribution in [1.29, 1.82) is 0 Å². The van der Waals surface area contributed by atoms with Crippen molar-refractivity contribution in [3.63, 3.8) is 0 Å². The van der Waals surface area contributed by atoms with Crippen LogP contribution in [0.1, 0.15) is 34.7 Å². The van der Waals surface area contributed by atoms with Gasteiger partial charge in [-0.1, -0.05) is 47.5 Å². The molecule has 1 N–H and O–H groups in total. The van der Waals surface area contributed by atoms with E-state index >= 15 is 0 Å². The van der Waals surface area contributed by atoms with Gasteiger partial charge in [-0.25, -0.2) is 5.43 Å². The van der Waals surface area contributed by atoms with E-state index in [9.17, 15) is 4.79 Å². The van der Waals surface area contributed by atoms with Crippen molar-refractivity contribution in [3.05, 3.63) is 92.5 Å². The highest BCUT2D eigenvalue weighted by Crippen LogP contribution is 2.30. The predicted molar refractivity (Wildman–Crippen MR) is 134 cm³/mol. The van der Waals surface area contributed by atoms with Gasteiger partial charge in [-0.15, -0.1) is 0 Å². The Hall–Kier alpha value is -3.02. The number of carbonyl (C=O) groups is 1. The zero-order valence-corrected chi connectivity index (χ0v) is 20.3. The van der Waals surface area contributed by atoms with Gasteiger partial charge in [0.15, 0.2) is 11.5 Å². The third kappa shape index (κ3) is 7.24. The first-order valence-corrected chi connectivity index (χ1v) is 11.3. The Kier molecular flexibility index (Phi) is 8.75. The van der Waals surface area contributed by atoms with Gasteiger partial charge in [-0.2, -0.15) is 5.10 Å². The third-order valence-electron chi connectivity index (χ3n) is 5.00. The van der Waals surface area contributed by atoms with E-state index in [0.29, 0.717) is 28.2 Å². The Labute approximate surface area is 204 Å². The zero-order valence-electron chi connectivity index (χ0n) is 18.8. The maximum atomic E-state index is 12.2. The van der Waals surface area contributed by atoms with Gasteiger partial charge in [0.05, 0.1) is 19.2 Å². The first-order chi connectivity index (χ1) is 15.9. The molecule has 0 aliphatic rings. The second-order valence-corrected chi connectivity index (χ2v) is 8.40. The summed E-state index contributed by atoms with van der Waals surface area (Å²) in [6.45, 7) is 6.72. The first-order valence-electron chi connectivity index (χ1n) is 10.6. The number of halogens is 2. The summed E-state index contributed by atoms with van der Waals surface area (Å²) in [5, 5.41) is 5.19. The molecule has 0 heterocycles. The number of nitrogens with one attached hydrogen (secondary N) is 1. The maximum Gasteiger partial charge on any atom is 0.244 e. The van der Waals surface area contributed by atoms with Gasteiger partial charge in [0, 0.05) is 15.6 Å². The van der Waals surface area contributed by atoms with Crippen LogP contribution in [0.3, 0.4) is 0 Å². The lowest BCUT2D eigenvalue weighted by atomic mass is 10.0. The molecule has 3 aromatic rings. The SMILES string of the molecule is CCOc1cc(/C=N\NC(=O)Cc2ccc(C)c(C)c2)ccc1OCc1ccc(Cl)cc1Cl. The summed E-state index contributed by atoms with van der Waals surface area (Å²) in [6.07, 6.45) is 1.84. The molecular weight excluding hydrogens is 459 g/mol.